The van der Waals surface area contributed by atoms with Crippen molar-refractivity contribution in [1.82, 2.24) is 4.90 Å². The lowest BCUT2D eigenvalue weighted by Crippen LogP contribution is -2.46. The van der Waals surface area contributed by atoms with Crippen LogP contribution in [-0.4, -0.2) is 54.0 Å². The quantitative estimate of drug-likeness (QED) is 0.742. The lowest BCUT2D eigenvalue weighted by atomic mass is 9.94. The molecule has 1 aliphatic heterocycles. The van der Waals surface area contributed by atoms with E-state index in [4.69, 9.17) is 14.6 Å². The Morgan fingerprint density at radius 1 is 1.48 bits per heavy atom. The average molecular weight is 321 g/mol. The highest BCUT2D eigenvalue weighted by atomic mass is 16.5. The molecule has 6 heteroatoms. The van der Waals surface area contributed by atoms with Gasteiger partial charge in [0.15, 0.2) is 11.5 Å². The second-order valence-electron chi connectivity index (χ2n) is 5.62. The third kappa shape index (κ3) is 4.46. The minimum Gasteiger partial charge on any atom is -0.493 e. The molecule has 6 nitrogen and oxygen atoms in total. The Kier molecular flexibility index (Phi) is 6.01. The van der Waals surface area contributed by atoms with Crippen molar-refractivity contribution in [3.8, 4) is 11.5 Å². The largest absolute Gasteiger partial charge is 0.493 e. The number of carboxylic acids is 1. The maximum Gasteiger partial charge on any atom is 0.310 e. The molecule has 0 amide bonds. The SMILES string of the molecule is C=CCOc1ccc(CN2CC[C@@H](O)[C@@H](C(=O)O)C2)cc1OC. The molecule has 1 fully saturated rings. The molecule has 23 heavy (non-hydrogen) atoms. The number of aliphatic hydroxyl groups excluding tert-OH is 1. The molecular weight excluding hydrogens is 298 g/mol. The molecule has 0 saturated carbocycles. The highest BCUT2D eigenvalue weighted by Crippen LogP contribution is 2.29. The Hall–Kier alpha value is -2.05. The third-order valence-corrected chi connectivity index (χ3v) is 3.97. The summed E-state index contributed by atoms with van der Waals surface area (Å²) < 4.78 is 10.9. The zero-order valence-electron chi connectivity index (χ0n) is 13.3. The predicted molar refractivity (Wildman–Crippen MR) is 85.7 cm³/mol. The molecule has 1 aliphatic rings. The molecule has 1 aromatic rings. The van der Waals surface area contributed by atoms with Gasteiger partial charge in [-0.1, -0.05) is 18.7 Å². The molecule has 126 valence electrons. The highest BCUT2D eigenvalue weighted by molar-refractivity contribution is 5.71. The Balaban J connectivity index is 2.05. The van der Waals surface area contributed by atoms with Gasteiger partial charge in [-0.3, -0.25) is 9.69 Å². The summed E-state index contributed by atoms with van der Waals surface area (Å²) in [6.07, 6.45) is 1.36. The van der Waals surface area contributed by atoms with E-state index >= 15 is 0 Å². The maximum absolute atomic E-state index is 11.2. The van der Waals surface area contributed by atoms with Gasteiger partial charge in [0, 0.05) is 19.6 Å². The van der Waals surface area contributed by atoms with Crippen molar-refractivity contribution in [2.24, 2.45) is 5.92 Å². The van der Waals surface area contributed by atoms with Crippen molar-refractivity contribution in [2.45, 2.75) is 19.1 Å². The van der Waals surface area contributed by atoms with E-state index in [-0.39, 0.29) is 0 Å². The molecule has 0 bridgehead atoms. The van der Waals surface area contributed by atoms with Gasteiger partial charge in [0.25, 0.3) is 0 Å². The fourth-order valence-electron chi connectivity index (χ4n) is 2.73. The van der Waals surface area contributed by atoms with Crippen molar-refractivity contribution in [2.75, 3.05) is 26.8 Å². The number of benzene rings is 1. The molecule has 0 unspecified atom stereocenters. The van der Waals surface area contributed by atoms with Crippen LogP contribution in [0.15, 0.2) is 30.9 Å². The fraction of sp³-hybridized carbons (Fsp3) is 0.471. The van der Waals surface area contributed by atoms with Gasteiger partial charge in [0.2, 0.25) is 0 Å². The van der Waals surface area contributed by atoms with Crippen molar-refractivity contribution in [1.29, 1.82) is 0 Å². The van der Waals surface area contributed by atoms with Gasteiger partial charge in [0.05, 0.1) is 19.1 Å². The number of piperidine rings is 1. The zero-order chi connectivity index (χ0) is 16.8. The van der Waals surface area contributed by atoms with Crippen LogP contribution in [0, 0.1) is 5.92 Å². The number of hydrogen-bond donors (Lipinski definition) is 2. The minimum atomic E-state index is -0.951. The first-order valence-corrected chi connectivity index (χ1v) is 7.59. The second kappa shape index (κ2) is 7.99. The standard InChI is InChI=1S/C17H23NO5/c1-3-8-23-15-5-4-12(9-16(15)22-2)10-18-7-6-14(19)13(11-18)17(20)21/h3-5,9,13-14,19H,1,6-8,10-11H2,2H3,(H,20,21)/t13-,14+/m0/s1. The molecule has 2 rings (SSSR count). The lowest BCUT2D eigenvalue weighted by Gasteiger charge is -2.34. The van der Waals surface area contributed by atoms with Crippen LogP contribution in [0.3, 0.4) is 0 Å². The molecule has 0 spiro atoms. The molecule has 1 saturated heterocycles. The van der Waals surface area contributed by atoms with Gasteiger partial charge in [0.1, 0.15) is 6.61 Å². The van der Waals surface area contributed by atoms with Crippen LogP contribution >= 0.6 is 0 Å². The van der Waals surface area contributed by atoms with Crippen molar-refractivity contribution in [3.05, 3.63) is 36.4 Å². The van der Waals surface area contributed by atoms with Gasteiger partial charge in [-0.15, -0.1) is 0 Å². The molecule has 0 radical (unpaired) electrons. The minimum absolute atomic E-state index is 0.341. The number of carbonyl (C=O) groups is 1. The number of likely N-dealkylation sites (tertiary alicyclic amines) is 1. The average Bonchev–Trinajstić information content (AvgIpc) is 2.55. The van der Waals surface area contributed by atoms with E-state index < -0.39 is 18.0 Å². The van der Waals surface area contributed by atoms with Crippen molar-refractivity contribution < 1.29 is 24.5 Å². The van der Waals surface area contributed by atoms with E-state index in [1.165, 1.54) is 0 Å². The van der Waals surface area contributed by atoms with Crippen molar-refractivity contribution in [3.63, 3.8) is 0 Å². The summed E-state index contributed by atoms with van der Waals surface area (Å²) in [4.78, 5) is 13.2. The lowest BCUT2D eigenvalue weighted by molar-refractivity contribution is -0.149. The first-order chi connectivity index (χ1) is 11.0. The van der Waals surface area contributed by atoms with Crippen LogP contribution in [0.4, 0.5) is 0 Å². The fourth-order valence-corrected chi connectivity index (χ4v) is 2.73. The summed E-state index contributed by atoms with van der Waals surface area (Å²) in [5.74, 6) is -0.404. The van der Waals surface area contributed by atoms with Gasteiger partial charge in [-0.2, -0.15) is 0 Å². The van der Waals surface area contributed by atoms with Crippen LogP contribution < -0.4 is 9.47 Å². The molecule has 0 aliphatic carbocycles. The van der Waals surface area contributed by atoms with Crippen LogP contribution in [-0.2, 0) is 11.3 Å². The third-order valence-electron chi connectivity index (χ3n) is 3.97. The number of nitrogens with zero attached hydrogens (tertiary/aromatic N) is 1. The van der Waals surface area contributed by atoms with Gasteiger partial charge in [-0.05, 0) is 24.1 Å². The highest BCUT2D eigenvalue weighted by Gasteiger charge is 2.32. The number of aliphatic carboxylic acids is 1. The van der Waals surface area contributed by atoms with Crippen LogP contribution in [0.25, 0.3) is 0 Å². The first kappa shape index (κ1) is 17.3. The number of carboxylic acid groups (broad SMARTS) is 1. The van der Waals surface area contributed by atoms with E-state index in [9.17, 15) is 9.90 Å². The Labute approximate surface area is 135 Å². The van der Waals surface area contributed by atoms with Gasteiger partial charge < -0.3 is 19.7 Å². The van der Waals surface area contributed by atoms with E-state index in [0.29, 0.717) is 44.2 Å². The number of hydrogen-bond acceptors (Lipinski definition) is 5. The zero-order valence-corrected chi connectivity index (χ0v) is 13.3. The van der Waals surface area contributed by atoms with Gasteiger partial charge >= 0.3 is 5.97 Å². The molecule has 2 N–H and O–H groups in total. The normalized spacial score (nSPS) is 21.7. The maximum atomic E-state index is 11.2. The van der Waals surface area contributed by atoms with Gasteiger partial charge in [-0.25, -0.2) is 0 Å². The van der Waals surface area contributed by atoms with Crippen molar-refractivity contribution >= 4 is 5.97 Å². The summed E-state index contributed by atoms with van der Waals surface area (Å²) in [7, 11) is 1.58. The number of aliphatic hydroxyl groups is 1. The molecule has 0 aromatic heterocycles. The van der Waals surface area contributed by atoms with Crippen LogP contribution in [0.2, 0.25) is 0 Å². The number of ether oxygens (including phenoxy) is 2. The summed E-state index contributed by atoms with van der Waals surface area (Å²) in [5, 5.41) is 18.9. The van der Waals surface area contributed by atoms with E-state index in [0.717, 1.165) is 5.56 Å². The summed E-state index contributed by atoms with van der Waals surface area (Å²) in [5.41, 5.74) is 1.01. The Bertz CT molecular complexity index is 560. The first-order valence-electron chi connectivity index (χ1n) is 7.59. The topological polar surface area (TPSA) is 79.2 Å². The summed E-state index contributed by atoms with van der Waals surface area (Å²) in [6.45, 7) is 5.63. The summed E-state index contributed by atoms with van der Waals surface area (Å²) in [6, 6.07) is 5.66. The molecular formula is C17H23NO5. The monoisotopic (exact) mass is 321 g/mol. The summed E-state index contributed by atoms with van der Waals surface area (Å²) >= 11 is 0. The van der Waals surface area contributed by atoms with E-state index in [1.807, 2.05) is 23.1 Å². The Morgan fingerprint density at radius 3 is 2.91 bits per heavy atom. The van der Waals surface area contributed by atoms with Crippen LogP contribution in [0.1, 0.15) is 12.0 Å². The molecule has 1 aromatic carbocycles. The molecule has 2 atom stereocenters. The Morgan fingerprint density at radius 2 is 2.26 bits per heavy atom. The molecule has 1 heterocycles. The number of methoxy groups -OCH3 is 1. The second-order valence-corrected chi connectivity index (χ2v) is 5.62. The van der Waals surface area contributed by atoms with E-state index in [2.05, 4.69) is 6.58 Å². The number of rotatable bonds is 7. The smallest absolute Gasteiger partial charge is 0.310 e. The predicted octanol–water partition coefficient (Wildman–Crippen LogP) is 1.53. The van der Waals surface area contributed by atoms with E-state index in [1.54, 1.807) is 13.2 Å². The van der Waals surface area contributed by atoms with Crippen LogP contribution in [0.5, 0.6) is 11.5 Å².